The molecule has 2 aromatic carbocycles. The second-order valence-electron chi connectivity index (χ2n) is 6.01. The lowest BCUT2D eigenvalue weighted by atomic mass is 10.1. The minimum Gasteiger partial charge on any atom is -0.291 e. The van der Waals surface area contributed by atoms with Crippen molar-refractivity contribution in [3.05, 3.63) is 64.2 Å². The lowest BCUT2D eigenvalue weighted by Crippen LogP contribution is -2.29. The highest BCUT2D eigenvalue weighted by molar-refractivity contribution is 7.99. The van der Waals surface area contributed by atoms with Gasteiger partial charge in [0.25, 0.3) is 17.7 Å². The van der Waals surface area contributed by atoms with E-state index >= 15 is 0 Å². The Morgan fingerprint density at radius 2 is 1.93 bits per heavy atom. The van der Waals surface area contributed by atoms with Crippen LogP contribution < -0.4 is 10.2 Å². The summed E-state index contributed by atoms with van der Waals surface area (Å²) in [6.07, 6.45) is 0. The van der Waals surface area contributed by atoms with Crippen molar-refractivity contribution in [1.82, 2.24) is 15.2 Å². The number of nitrogens with one attached hydrogen (secondary N) is 2. The van der Waals surface area contributed by atoms with E-state index in [-0.39, 0.29) is 27.7 Å². The van der Waals surface area contributed by atoms with E-state index in [1.165, 1.54) is 30.0 Å². The fraction of sp³-hybridized carbons (Fsp3) is 0.105. The van der Waals surface area contributed by atoms with Gasteiger partial charge in [0.2, 0.25) is 11.1 Å². The monoisotopic (exact) mass is 427 g/mol. The van der Waals surface area contributed by atoms with E-state index in [9.17, 15) is 14.4 Å². The molecule has 1 aliphatic heterocycles. The Kier molecular flexibility index (Phi) is 5.08. The number of thioether (sulfide) groups is 1. The van der Waals surface area contributed by atoms with Crippen LogP contribution in [-0.4, -0.2) is 38.7 Å². The predicted octanol–water partition coefficient (Wildman–Crippen LogP) is 3.62. The summed E-state index contributed by atoms with van der Waals surface area (Å²) < 4.78 is 0. The fourth-order valence-corrected chi connectivity index (χ4v) is 3.65. The summed E-state index contributed by atoms with van der Waals surface area (Å²) in [7, 11) is 0. The molecular weight excluding hydrogens is 414 g/mol. The molecule has 0 bridgehead atoms. The largest absolute Gasteiger partial charge is 0.291 e. The molecule has 0 atom stereocenters. The number of fused-ring (bicyclic) bond motifs is 1. The molecule has 8 nitrogen and oxygen atoms in total. The average Bonchev–Trinajstić information content (AvgIpc) is 3.25. The number of aromatic amines is 1. The first-order valence-corrected chi connectivity index (χ1v) is 10.00. The highest BCUT2D eigenvalue weighted by Gasteiger charge is 2.38. The molecule has 3 aromatic rings. The van der Waals surface area contributed by atoms with Crippen molar-refractivity contribution >= 4 is 52.7 Å². The summed E-state index contributed by atoms with van der Waals surface area (Å²) >= 11 is 7.58. The van der Waals surface area contributed by atoms with E-state index < -0.39 is 17.7 Å². The zero-order valence-corrected chi connectivity index (χ0v) is 16.7. The summed E-state index contributed by atoms with van der Waals surface area (Å²) in [5.41, 5.74) is 0.871. The smallest absolute Gasteiger partial charge is 0.266 e. The molecule has 2 heterocycles. The number of benzene rings is 2. The third-order valence-corrected chi connectivity index (χ3v) is 5.26. The quantitative estimate of drug-likeness (QED) is 0.475. The van der Waals surface area contributed by atoms with Crippen molar-refractivity contribution in [2.45, 2.75) is 12.1 Å². The second kappa shape index (κ2) is 7.69. The lowest BCUT2D eigenvalue weighted by molar-refractivity contribution is 0.0925. The van der Waals surface area contributed by atoms with Gasteiger partial charge in [0.15, 0.2) is 0 Å². The Balaban J connectivity index is 1.60. The van der Waals surface area contributed by atoms with Crippen LogP contribution in [0.5, 0.6) is 0 Å². The molecule has 1 aliphatic rings. The number of aromatic nitrogens is 3. The van der Waals surface area contributed by atoms with Crippen LogP contribution >= 0.6 is 23.4 Å². The molecule has 29 heavy (non-hydrogen) atoms. The van der Waals surface area contributed by atoms with E-state index in [2.05, 4.69) is 20.5 Å². The number of amides is 3. The first kappa shape index (κ1) is 19.2. The Bertz CT molecular complexity index is 1150. The summed E-state index contributed by atoms with van der Waals surface area (Å²) in [6, 6.07) is 10.9. The Morgan fingerprint density at radius 1 is 1.17 bits per heavy atom. The molecule has 0 unspecified atom stereocenters. The van der Waals surface area contributed by atoms with Gasteiger partial charge in [-0.25, -0.2) is 10.00 Å². The van der Waals surface area contributed by atoms with Crippen molar-refractivity contribution in [2.24, 2.45) is 0 Å². The lowest BCUT2D eigenvalue weighted by Gasteiger charge is -2.15. The highest BCUT2D eigenvalue weighted by atomic mass is 35.5. The van der Waals surface area contributed by atoms with Crippen molar-refractivity contribution in [2.75, 3.05) is 16.0 Å². The van der Waals surface area contributed by atoms with Gasteiger partial charge in [-0.2, -0.15) is 4.98 Å². The summed E-state index contributed by atoms with van der Waals surface area (Å²) in [6.45, 7) is 1.97. The zero-order valence-electron chi connectivity index (χ0n) is 15.1. The fourth-order valence-electron chi connectivity index (χ4n) is 2.91. The number of hydrogen-bond donors (Lipinski definition) is 2. The maximum absolute atomic E-state index is 12.9. The number of imide groups is 1. The minimum atomic E-state index is -0.533. The number of para-hydroxylation sites is 1. The van der Waals surface area contributed by atoms with Crippen LogP contribution in [-0.2, 0) is 0 Å². The average molecular weight is 428 g/mol. The number of carbonyl (C=O) groups is 3. The zero-order chi connectivity index (χ0) is 20.5. The van der Waals surface area contributed by atoms with E-state index in [1.807, 2.05) is 6.92 Å². The Labute approximate surface area is 174 Å². The first-order chi connectivity index (χ1) is 14.0. The van der Waals surface area contributed by atoms with Crippen LogP contribution in [0.2, 0.25) is 5.02 Å². The van der Waals surface area contributed by atoms with E-state index in [0.29, 0.717) is 10.8 Å². The van der Waals surface area contributed by atoms with E-state index in [4.69, 9.17) is 11.6 Å². The van der Waals surface area contributed by atoms with Gasteiger partial charge in [-0.1, -0.05) is 42.4 Å². The normalized spacial score (nSPS) is 13.0. The van der Waals surface area contributed by atoms with Gasteiger partial charge in [0.1, 0.15) is 0 Å². The van der Waals surface area contributed by atoms with Crippen molar-refractivity contribution in [3.8, 4) is 0 Å². The van der Waals surface area contributed by atoms with Gasteiger partial charge in [-0.3, -0.25) is 19.7 Å². The molecule has 0 radical (unpaired) electrons. The standard InChI is InChI=1S/C19H14ClN5O3S/c1-2-29-19-22-18(23-24-19)21-15(26)10-7-8-11-12(9-10)17(28)25(16(11)27)14-6-4-3-5-13(14)20/h3-9H,2H2,1H3,(H2,21,22,23,24,26). The van der Waals surface area contributed by atoms with Crippen LogP contribution in [0.3, 0.4) is 0 Å². The molecule has 0 fully saturated rings. The maximum Gasteiger partial charge on any atom is 0.266 e. The van der Waals surface area contributed by atoms with Crippen LogP contribution in [0, 0.1) is 0 Å². The second-order valence-corrected chi connectivity index (χ2v) is 7.65. The summed E-state index contributed by atoms with van der Waals surface area (Å²) in [5, 5.41) is 10.0. The van der Waals surface area contributed by atoms with E-state index in [0.717, 1.165) is 10.7 Å². The van der Waals surface area contributed by atoms with Gasteiger partial charge in [0, 0.05) is 5.56 Å². The molecule has 0 aliphatic carbocycles. The number of hydrogen-bond acceptors (Lipinski definition) is 6. The molecule has 146 valence electrons. The molecule has 3 amide bonds. The van der Waals surface area contributed by atoms with Gasteiger partial charge >= 0.3 is 0 Å². The van der Waals surface area contributed by atoms with Crippen LogP contribution in [0.25, 0.3) is 0 Å². The molecule has 2 N–H and O–H groups in total. The number of halogens is 1. The van der Waals surface area contributed by atoms with Crippen molar-refractivity contribution < 1.29 is 14.4 Å². The molecular formula is C19H14ClN5O3S. The number of anilines is 2. The SMILES string of the molecule is CCSc1n[nH]c(NC(=O)c2ccc3c(c2)C(=O)N(c2ccccc2Cl)C3=O)n1. The third-order valence-electron chi connectivity index (χ3n) is 4.21. The molecule has 4 rings (SSSR count). The Hall–Kier alpha value is -3.17. The maximum atomic E-state index is 12.9. The van der Waals surface area contributed by atoms with Crippen LogP contribution in [0.4, 0.5) is 11.6 Å². The topological polar surface area (TPSA) is 108 Å². The molecule has 10 heteroatoms. The number of carbonyl (C=O) groups excluding carboxylic acids is 3. The molecule has 0 spiro atoms. The molecule has 0 saturated carbocycles. The molecule has 1 aromatic heterocycles. The van der Waals surface area contributed by atoms with Crippen LogP contribution in [0.15, 0.2) is 47.6 Å². The van der Waals surface area contributed by atoms with Crippen molar-refractivity contribution in [1.29, 1.82) is 0 Å². The van der Waals surface area contributed by atoms with Gasteiger partial charge < -0.3 is 0 Å². The number of H-pyrrole nitrogens is 1. The number of nitrogens with zero attached hydrogens (tertiary/aromatic N) is 3. The third kappa shape index (κ3) is 3.50. The van der Waals surface area contributed by atoms with Gasteiger partial charge in [-0.15, -0.1) is 5.10 Å². The minimum absolute atomic E-state index is 0.141. The van der Waals surface area contributed by atoms with Gasteiger partial charge in [0.05, 0.1) is 21.8 Å². The van der Waals surface area contributed by atoms with Crippen LogP contribution in [0.1, 0.15) is 38.0 Å². The van der Waals surface area contributed by atoms with Gasteiger partial charge in [-0.05, 0) is 36.1 Å². The van der Waals surface area contributed by atoms with Crippen molar-refractivity contribution in [3.63, 3.8) is 0 Å². The highest BCUT2D eigenvalue weighted by Crippen LogP contribution is 2.33. The van der Waals surface area contributed by atoms with E-state index in [1.54, 1.807) is 24.3 Å². The number of rotatable bonds is 5. The summed E-state index contributed by atoms with van der Waals surface area (Å²) in [4.78, 5) is 43.3. The Morgan fingerprint density at radius 3 is 2.69 bits per heavy atom. The predicted molar refractivity (Wildman–Crippen MR) is 110 cm³/mol. The summed E-state index contributed by atoms with van der Waals surface area (Å²) in [5.74, 6) is -0.496. The first-order valence-electron chi connectivity index (χ1n) is 8.63. The molecule has 0 saturated heterocycles.